The number of aliphatic carboxylic acids is 1. The second-order valence-electron chi connectivity index (χ2n) is 22.2. The normalized spacial score (nSPS) is 29.2. The van der Waals surface area contributed by atoms with E-state index < -0.39 is 42.6 Å². The number of nitrogens with zero attached hydrogens (tertiary/aromatic N) is 8. The van der Waals surface area contributed by atoms with Crippen molar-refractivity contribution in [2.24, 2.45) is 16.2 Å². The third-order valence-corrected chi connectivity index (χ3v) is 17.0. The van der Waals surface area contributed by atoms with Crippen molar-refractivity contribution in [2.75, 3.05) is 36.5 Å². The van der Waals surface area contributed by atoms with Crippen LogP contribution in [0.4, 0.5) is 10.9 Å². The molecule has 4 saturated carbocycles. The summed E-state index contributed by atoms with van der Waals surface area (Å²) in [6.07, 6.45) is 3.28. The summed E-state index contributed by atoms with van der Waals surface area (Å²) in [5.74, 6) is -2.31. The quantitative estimate of drug-likeness (QED) is 0.0564. The number of carboxylic acid groups (broad SMARTS) is 2. The molecule has 7 atom stereocenters. The first-order valence-electron chi connectivity index (χ1n) is 25.4. The van der Waals surface area contributed by atoms with Crippen LogP contribution in [-0.2, 0) is 40.2 Å². The van der Waals surface area contributed by atoms with Gasteiger partial charge in [-0.05, 0) is 129 Å². The van der Waals surface area contributed by atoms with Gasteiger partial charge in [-0.15, -0.1) is 5.10 Å². The Balaban J connectivity index is 0.722. The third kappa shape index (κ3) is 9.47. The van der Waals surface area contributed by atoms with Gasteiger partial charge in [-0.3, -0.25) is 14.8 Å². The summed E-state index contributed by atoms with van der Waals surface area (Å²) < 4.78 is 16.6. The Kier molecular flexibility index (Phi) is 13.0. The van der Waals surface area contributed by atoms with Crippen LogP contribution < -0.4 is 15.5 Å². The minimum Gasteiger partial charge on any atom is -0.479 e. The van der Waals surface area contributed by atoms with Gasteiger partial charge in [0.15, 0.2) is 23.2 Å². The summed E-state index contributed by atoms with van der Waals surface area (Å²) in [6.45, 7) is 10.4. The Labute approximate surface area is 430 Å². The molecule has 6 aromatic rings. The molecule has 3 unspecified atom stereocenters. The fraction of sp³-hybridized carbons (Fsp3) is 0.509. The number of aliphatic hydroxyl groups excluding tert-OH is 3. The fourth-order valence-electron chi connectivity index (χ4n) is 14.1. The first-order valence-corrected chi connectivity index (χ1v) is 26.2. The molecule has 4 aromatic heterocycles. The highest BCUT2D eigenvalue weighted by Crippen LogP contribution is 2.72. The Bertz CT molecular complexity index is 3090. The van der Waals surface area contributed by atoms with Crippen LogP contribution >= 0.6 is 11.3 Å². The average Bonchev–Trinajstić information content (AvgIpc) is 4.09. The molecule has 1 saturated heterocycles. The number of anilines is 2. The molecule has 0 spiro atoms. The highest BCUT2D eigenvalue weighted by molar-refractivity contribution is 7.22. The number of carbonyl (C=O) groups is 3. The second-order valence-corrected chi connectivity index (χ2v) is 23.3. The van der Waals surface area contributed by atoms with E-state index in [1.54, 1.807) is 12.4 Å². The molecular weight excluding hydrogens is 969 g/mol. The maximum atomic E-state index is 13.7. The lowest BCUT2D eigenvalue weighted by molar-refractivity contribution is -0.249. The van der Waals surface area contributed by atoms with E-state index in [0.717, 1.165) is 77.5 Å². The van der Waals surface area contributed by atoms with Gasteiger partial charge in [0.05, 0.1) is 40.5 Å². The van der Waals surface area contributed by atoms with E-state index >= 15 is 0 Å². The third-order valence-electron chi connectivity index (χ3n) is 16.1. The number of aliphatic hydroxyl groups is 3. The number of carbonyl (C=O) groups excluding carboxylic acids is 1. The number of aromatic nitrogens is 7. The summed E-state index contributed by atoms with van der Waals surface area (Å²) in [7, 11) is 0. The summed E-state index contributed by atoms with van der Waals surface area (Å²) in [6, 6.07) is 17.2. The zero-order valence-electron chi connectivity index (χ0n) is 41.6. The average molecular weight is 1030 g/mol. The Morgan fingerprint density at radius 1 is 0.892 bits per heavy atom. The number of pyridine rings is 1. The highest BCUT2D eigenvalue weighted by Gasteiger charge is 2.66. The molecule has 12 rings (SSSR count). The topological polar surface area (TPSA) is 272 Å². The zero-order valence-corrected chi connectivity index (χ0v) is 42.4. The lowest BCUT2D eigenvalue weighted by Gasteiger charge is -2.69. The molecule has 4 aliphatic carbocycles. The van der Waals surface area contributed by atoms with Gasteiger partial charge >= 0.3 is 11.9 Å². The molecule has 6 heterocycles. The largest absolute Gasteiger partial charge is 0.479 e. The van der Waals surface area contributed by atoms with Crippen molar-refractivity contribution in [1.82, 2.24) is 40.1 Å². The van der Waals surface area contributed by atoms with Crippen LogP contribution in [0.3, 0.4) is 0 Å². The number of para-hydroxylation sites is 1. The number of hydrogen-bond acceptors (Lipinski definition) is 16. The minimum atomic E-state index is -1.79. The van der Waals surface area contributed by atoms with Crippen molar-refractivity contribution in [3.8, 4) is 11.1 Å². The number of hydrogen-bond donors (Lipinski definition) is 7. The van der Waals surface area contributed by atoms with Gasteiger partial charge in [0.1, 0.15) is 24.1 Å². The summed E-state index contributed by atoms with van der Waals surface area (Å²) in [4.78, 5) is 49.7. The van der Waals surface area contributed by atoms with E-state index in [2.05, 4.69) is 44.5 Å². The highest BCUT2D eigenvalue weighted by atomic mass is 32.1. The van der Waals surface area contributed by atoms with Gasteiger partial charge in [0.2, 0.25) is 0 Å². The van der Waals surface area contributed by atoms with Crippen LogP contribution in [0.25, 0.3) is 21.3 Å². The number of thiazole rings is 1. The molecule has 20 nitrogen and oxygen atoms in total. The molecular formula is C53H62N10O10S. The maximum absolute atomic E-state index is 13.7. The predicted molar refractivity (Wildman–Crippen MR) is 272 cm³/mol. The monoisotopic (exact) mass is 1030 g/mol. The number of benzene rings is 2. The molecule has 2 aliphatic heterocycles. The molecule has 1 amide bonds. The van der Waals surface area contributed by atoms with Crippen molar-refractivity contribution in [2.45, 2.75) is 128 Å². The van der Waals surface area contributed by atoms with Gasteiger partial charge < -0.3 is 45.2 Å². The van der Waals surface area contributed by atoms with Crippen LogP contribution in [0.15, 0.2) is 67.0 Å². The number of aromatic carboxylic acids is 1. The van der Waals surface area contributed by atoms with Crippen LogP contribution in [0, 0.1) is 23.2 Å². The lowest BCUT2D eigenvalue weighted by atomic mass is 9.39. The van der Waals surface area contributed by atoms with Crippen molar-refractivity contribution < 1.29 is 49.4 Å². The number of fused-ring (bicyclic) bond motifs is 2. The maximum Gasteiger partial charge on any atom is 0.355 e. The van der Waals surface area contributed by atoms with E-state index in [4.69, 9.17) is 19.6 Å². The number of carboxylic acids is 2. The SMILES string of the molecule is Cc1c(-c2ccc(N3CCc4cccc(C(=O)Nc5nc6ccccc6s5)c4C3)nc2C(=O)O)cnn1CC12CC3(C)CC(C)(C1)CC(OCCNCCCc1cn([C@@H]4O[C@H](C(=O)O)C(O)[C@H](O)[C@H]4O)nn1)(C3)C2. The second kappa shape index (κ2) is 19.2. The molecule has 2 aromatic carbocycles. The number of aryl methyl sites for hydroxylation is 1. The number of rotatable bonds is 17. The summed E-state index contributed by atoms with van der Waals surface area (Å²) in [5.41, 5.74) is 5.88. The molecule has 6 aliphatic rings. The number of nitrogens with one attached hydrogen (secondary N) is 2. The smallest absolute Gasteiger partial charge is 0.355 e. The standard InChI is InChI=1S/C53H62N10O10S/c1-30-35(33-13-14-39(57-40(33)47(68)69)61-18-15-31-8-6-10-34(36(31)22-61)45(67)58-49-56-37-11-4-5-12-38(37)74-49)20-55-63(30)29-52-24-50(2)23-51(3,25-52)27-53(26-50,28-52)72-19-17-54-16-7-9-32-21-62(60-59-32)46-43(66)41(64)42(65)44(73-46)48(70)71/h4-6,8,10-14,20-21,41-44,46,54,64-66H,7,9,15-19,22-29H2,1-3H3,(H,68,69)(H,70,71)(H,56,58,67)/t41-,42?,43+,44-,46+,50?,51?,52?,53?/m0/s1. The van der Waals surface area contributed by atoms with E-state index in [-0.39, 0.29) is 33.4 Å². The Hall–Kier alpha value is -6.20. The van der Waals surface area contributed by atoms with Crippen molar-refractivity contribution in [1.29, 1.82) is 0 Å². The minimum absolute atomic E-state index is 0.0483. The zero-order chi connectivity index (χ0) is 51.7. The van der Waals surface area contributed by atoms with Gasteiger partial charge in [0, 0.05) is 48.6 Å². The summed E-state index contributed by atoms with van der Waals surface area (Å²) >= 11 is 1.43. The first kappa shape index (κ1) is 50.0. The first-order chi connectivity index (χ1) is 35.4. The van der Waals surface area contributed by atoms with Crippen molar-refractivity contribution in [3.05, 3.63) is 101 Å². The number of ether oxygens (including phenoxy) is 2. The molecule has 0 radical (unpaired) electrons. The molecule has 5 fully saturated rings. The fourth-order valence-corrected chi connectivity index (χ4v) is 15.0. The number of amides is 1. The molecule has 4 bridgehead atoms. The summed E-state index contributed by atoms with van der Waals surface area (Å²) in [5, 5.41) is 70.8. The predicted octanol–water partition coefficient (Wildman–Crippen LogP) is 5.39. The van der Waals surface area contributed by atoms with Gasteiger partial charge in [-0.1, -0.05) is 54.7 Å². The Morgan fingerprint density at radius 2 is 1.69 bits per heavy atom. The van der Waals surface area contributed by atoms with E-state index in [1.807, 2.05) is 66.4 Å². The van der Waals surface area contributed by atoms with Gasteiger partial charge in [0.25, 0.3) is 5.91 Å². The van der Waals surface area contributed by atoms with Crippen molar-refractivity contribution in [3.63, 3.8) is 0 Å². The van der Waals surface area contributed by atoms with Crippen molar-refractivity contribution >= 4 is 50.3 Å². The van der Waals surface area contributed by atoms with Crippen LogP contribution in [0.2, 0.25) is 0 Å². The lowest BCUT2D eigenvalue weighted by Crippen LogP contribution is -2.64. The van der Waals surface area contributed by atoms with Crippen LogP contribution in [0.5, 0.6) is 0 Å². The molecule has 74 heavy (non-hydrogen) atoms. The molecule has 390 valence electrons. The van der Waals surface area contributed by atoms with E-state index in [1.165, 1.54) is 16.0 Å². The van der Waals surface area contributed by atoms with Crippen LogP contribution in [0.1, 0.15) is 108 Å². The van der Waals surface area contributed by atoms with Crippen LogP contribution in [-0.4, -0.2) is 134 Å². The molecule has 21 heteroatoms. The molecule has 7 N–H and O–H groups in total. The Morgan fingerprint density at radius 3 is 2.46 bits per heavy atom. The van der Waals surface area contributed by atoms with E-state index in [0.29, 0.717) is 79.9 Å². The van der Waals surface area contributed by atoms with Gasteiger partial charge in [-0.2, -0.15) is 5.10 Å². The van der Waals surface area contributed by atoms with E-state index in [9.17, 15) is 39.9 Å². The van der Waals surface area contributed by atoms with Gasteiger partial charge in [-0.25, -0.2) is 24.2 Å².